The normalized spacial score (nSPS) is 39.1. The maximum Gasteiger partial charge on any atom is 0.236 e. The highest BCUT2D eigenvalue weighted by Gasteiger charge is 2.35. The van der Waals surface area contributed by atoms with Crippen LogP contribution in [0.4, 0.5) is 0 Å². The smallest absolute Gasteiger partial charge is 0.236 e. The Kier molecular flexibility index (Phi) is 3.12. The van der Waals surface area contributed by atoms with Crippen molar-refractivity contribution >= 4 is 21.8 Å². The van der Waals surface area contributed by atoms with Gasteiger partial charge in [-0.2, -0.15) is 0 Å². The average molecular weight is 262 g/mol. The Morgan fingerprint density at radius 1 is 1.21 bits per heavy atom. The van der Waals surface area contributed by atoms with Crippen molar-refractivity contribution in [2.24, 2.45) is 0 Å². The summed E-state index contributed by atoms with van der Waals surface area (Å²) in [5, 5.41) is 9.37. The van der Waals surface area contributed by atoms with E-state index >= 15 is 0 Å². The van der Waals surface area contributed by atoms with Gasteiger partial charge in [-0.05, 0) is 32.1 Å². The third-order valence-electron chi connectivity index (χ3n) is 3.28. The van der Waals surface area contributed by atoms with Gasteiger partial charge in [-0.1, -0.05) is 15.9 Å². The molecule has 2 aliphatic rings. The first-order valence-electron chi connectivity index (χ1n) is 5.31. The van der Waals surface area contributed by atoms with Crippen LogP contribution in [-0.4, -0.2) is 39.4 Å². The van der Waals surface area contributed by atoms with Gasteiger partial charge in [0.15, 0.2) is 0 Å². The second-order valence-electron chi connectivity index (χ2n) is 4.25. The van der Waals surface area contributed by atoms with E-state index in [2.05, 4.69) is 15.9 Å². The molecule has 0 aromatic rings. The van der Waals surface area contributed by atoms with E-state index in [1.165, 1.54) is 0 Å². The summed E-state index contributed by atoms with van der Waals surface area (Å²) in [6.07, 6.45) is 4.42. The van der Waals surface area contributed by atoms with Crippen molar-refractivity contribution in [2.45, 2.75) is 49.1 Å². The number of aliphatic hydroxyl groups is 1. The number of nitrogens with zero attached hydrogens (tertiary/aromatic N) is 1. The molecule has 0 aromatic carbocycles. The second-order valence-corrected chi connectivity index (χ2v) is 5.36. The fourth-order valence-corrected chi connectivity index (χ4v) is 2.87. The van der Waals surface area contributed by atoms with Gasteiger partial charge in [0.05, 0.1) is 10.9 Å². The molecule has 2 rings (SSSR count). The summed E-state index contributed by atoms with van der Waals surface area (Å²) in [7, 11) is 0. The number of rotatable bonds is 1. The van der Waals surface area contributed by atoms with Crippen LogP contribution in [0.25, 0.3) is 0 Å². The molecular weight excluding hydrogens is 246 g/mol. The number of hydrogen-bond donors (Lipinski definition) is 1. The minimum atomic E-state index is -0.135. The molecule has 1 saturated carbocycles. The predicted molar refractivity (Wildman–Crippen MR) is 57.3 cm³/mol. The average Bonchev–Trinajstić information content (AvgIpc) is 2.50. The van der Waals surface area contributed by atoms with Crippen LogP contribution in [-0.2, 0) is 4.79 Å². The largest absolute Gasteiger partial charge is 0.393 e. The first-order valence-corrected chi connectivity index (χ1v) is 6.22. The molecule has 0 radical (unpaired) electrons. The van der Waals surface area contributed by atoms with Gasteiger partial charge in [-0.3, -0.25) is 4.79 Å². The first kappa shape index (κ1) is 10.4. The lowest BCUT2D eigenvalue weighted by Gasteiger charge is -2.32. The van der Waals surface area contributed by atoms with E-state index in [0.717, 1.165) is 38.6 Å². The second kappa shape index (κ2) is 4.19. The molecule has 1 heterocycles. The van der Waals surface area contributed by atoms with Crippen LogP contribution < -0.4 is 0 Å². The summed E-state index contributed by atoms with van der Waals surface area (Å²) in [6.45, 7) is 0.884. The van der Waals surface area contributed by atoms with Crippen LogP contribution in [0.5, 0.6) is 0 Å². The van der Waals surface area contributed by atoms with Gasteiger partial charge in [-0.25, -0.2) is 0 Å². The van der Waals surface area contributed by atoms with E-state index in [4.69, 9.17) is 0 Å². The molecule has 1 saturated heterocycles. The zero-order chi connectivity index (χ0) is 10.1. The summed E-state index contributed by atoms with van der Waals surface area (Å²) < 4.78 is 0. The van der Waals surface area contributed by atoms with E-state index < -0.39 is 0 Å². The van der Waals surface area contributed by atoms with E-state index in [9.17, 15) is 9.90 Å². The Morgan fingerprint density at radius 2 is 1.86 bits per heavy atom. The van der Waals surface area contributed by atoms with Crippen LogP contribution in [0.15, 0.2) is 0 Å². The Hall–Kier alpha value is -0.0900. The number of likely N-dealkylation sites (tertiary alicyclic amines) is 1. The third-order valence-corrected chi connectivity index (χ3v) is 4.13. The first-order chi connectivity index (χ1) is 6.68. The number of halogens is 1. The SMILES string of the molecule is O=C1C(Br)CCN1C1CCC(O)CC1. The van der Waals surface area contributed by atoms with Crippen molar-refractivity contribution < 1.29 is 9.90 Å². The van der Waals surface area contributed by atoms with E-state index in [1.807, 2.05) is 4.90 Å². The summed E-state index contributed by atoms with van der Waals surface area (Å²) in [5.74, 6) is 0.242. The van der Waals surface area contributed by atoms with Crippen molar-refractivity contribution in [3.63, 3.8) is 0 Å². The molecule has 2 fully saturated rings. The molecule has 1 aliphatic heterocycles. The molecule has 1 atom stereocenters. The molecule has 1 aliphatic carbocycles. The van der Waals surface area contributed by atoms with Crippen molar-refractivity contribution in [1.82, 2.24) is 4.90 Å². The number of aliphatic hydroxyl groups excluding tert-OH is 1. The molecule has 0 spiro atoms. The van der Waals surface area contributed by atoms with Crippen LogP contribution in [0, 0.1) is 0 Å². The summed E-state index contributed by atoms with van der Waals surface area (Å²) in [6, 6.07) is 0.383. The number of carbonyl (C=O) groups excluding carboxylic acids is 1. The summed E-state index contributed by atoms with van der Waals surface area (Å²) in [5.41, 5.74) is 0. The van der Waals surface area contributed by atoms with Crippen LogP contribution >= 0.6 is 15.9 Å². The van der Waals surface area contributed by atoms with Gasteiger partial charge in [-0.15, -0.1) is 0 Å². The molecule has 4 heteroatoms. The van der Waals surface area contributed by atoms with Crippen molar-refractivity contribution in [2.75, 3.05) is 6.54 Å². The zero-order valence-electron chi connectivity index (χ0n) is 8.16. The molecule has 3 nitrogen and oxygen atoms in total. The molecule has 14 heavy (non-hydrogen) atoms. The molecule has 1 amide bonds. The van der Waals surface area contributed by atoms with Crippen molar-refractivity contribution in [3.8, 4) is 0 Å². The Morgan fingerprint density at radius 3 is 2.36 bits per heavy atom. The Bertz CT molecular complexity index is 226. The standard InChI is InChI=1S/C10H16BrNO2/c11-9-5-6-12(10(9)14)7-1-3-8(13)4-2-7/h7-9,13H,1-6H2. The summed E-state index contributed by atoms with van der Waals surface area (Å²) in [4.78, 5) is 13.7. The van der Waals surface area contributed by atoms with E-state index in [0.29, 0.717) is 6.04 Å². The van der Waals surface area contributed by atoms with Crippen LogP contribution in [0.1, 0.15) is 32.1 Å². The lowest BCUT2D eigenvalue weighted by Crippen LogP contribution is -2.40. The molecule has 0 bridgehead atoms. The van der Waals surface area contributed by atoms with Gasteiger partial charge < -0.3 is 10.0 Å². The van der Waals surface area contributed by atoms with Gasteiger partial charge in [0.2, 0.25) is 5.91 Å². The lowest BCUT2D eigenvalue weighted by atomic mass is 9.92. The minimum absolute atomic E-state index is 0.0364. The highest BCUT2D eigenvalue weighted by atomic mass is 79.9. The third kappa shape index (κ3) is 1.96. The Balaban J connectivity index is 1.93. The van der Waals surface area contributed by atoms with E-state index in [1.54, 1.807) is 0 Å². The van der Waals surface area contributed by atoms with Gasteiger partial charge >= 0.3 is 0 Å². The maximum atomic E-state index is 11.7. The predicted octanol–water partition coefficient (Wildman–Crippen LogP) is 1.29. The van der Waals surface area contributed by atoms with Crippen molar-refractivity contribution in [3.05, 3.63) is 0 Å². The zero-order valence-corrected chi connectivity index (χ0v) is 9.74. The van der Waals surface area contributed by atoms with Gasteiger partial charge in [0.25, 0.3) is 0 Å². The molecular formula is C10H16BrNO2. The monoisotopic (exact) mass is 261 g/mol. The lowest BCUT2D eigenvalue weighted by molar-refractivity contribution is -0.130. The quantitative estimate of drug-likeness (QED) is 0.723. The fourth-order valence-electron chi connectivity index (χ4n) is 2.40. The molecule has 80 valence electrons. The van der Waals surface area contributed by atoms with Crippen LogP contribution in [0.3, 0.4) is 0 Å². The number of alkyl halides is 1. The molecule has 1 unspecified atom stereocenters. The van der Waals surface area contributed by atoms with Crippen LogP contribution in [0.2, 0.25) is 0 Å². The van der Waals surface area contributed by atoms with Gasteiger partial charge in [0, 0.05) is 12.6 Å². The van der Waals surface area contributed by atoms with Crippen molar-refractivity contribution in [1.29, 1.82) is 0 Å². The highest BCUT2D eigenvalue weighted by molar-refractivity contribution is 9.10. The van der Waals surface area contributed by atoms with E-state index in [-0.39, 0.29) is 16.8 Å². The molecule has 0 aromatic heterocycles. The van der Waals surface area contributed by atoms with Gasteiger partial charge in [0.1, 0.15) is 0 Å². The fraction of sp³-hybridized carbons (Fsp3) is 0.900. The Labute approximate surface area is 92.6 Å². The number of carbonyl (C=O) groups is 1. The molecule has 1 N–H and O–H groups in total. The minimum Gasteiger partial charge on any atom is -0.393 e. The number of hydrogen-bond acceptors (Lipinski definition) is 2. The number of amides is 1. The summed E-state index contributed by atoms with van der Waals surface area (Å²) >= 11 is 3.38. The highest BCUT2D eigenvalue weighted by Crippen LogP contribution is 2.28. The topological polar surface area (TPSA) is 40.5 Å². The maximum absolute atomic E-state index is 11.7.